The molecule has 0 spiro atoms. The number of nitrogens with one attached hydrogen (secondary N) is 1. The summed E-state index contributed by atoms with van der Waals surface area (Å²) in [6, 6.07) is 24.8. The number of amides is 1. The fraction of sp³-hybridized carbons (Fsp3) is 0.344. The van der Waals surface area contributed by atoms with Crippen LogP contribution < -0.4 is 5.32 Å². The van der Waals surface area contributed by atoms with Crippen LogP contribution in [0.25, 0.3) is 11.4 Å². The number of aromatic nitrogens is 2. The lowest BCUT2D eigenvalue weighted by Gasteiger charge is -2.30. The SMILES string of the molecule is O=C(NCc1ccc(CN2CCc3ccccc3C2)cc1)C1CCCN(Cc2nc(-c3ccc(Cl)cc3)no2)C1. The van der Waals surface area contributed by atoms with Gasteiger partial charge >= 0.3 is 0 Å². The number of carbonyl (C=O) groups excluding carboxylic acids is 1. The minimum atomic E-state index is -0.0475. The van der Waals surface area contributed by atoms with Crippen molar-refractivity contribution >= 4 is 17.5 Å². The van der Waals surface area contributed by atoms with E-state index >= 15 is 0 Å². The zero-order valence-electron chi connectivity index (χ0n) is 22.6. The van der Waals surface area contributed by atoms with Gasteiger partial charge in [0, 0.05) is 43.3 Å². The lowest BCUT2D eigenvalue weighted by Crippen LogP contribution is -2.42. The van der Waals surface area contributed by atoms with Gasteiger partial charge in [-0.05, 0) is 72.3 Å². The summed E-state index contributed by atoms with van der Waals surface area (Å²) in [6.45, 7) is 5.70. The van der Waals surface area contributed by atoms with Crippen molar-refractivity contribution in [2.24, 2.45) is 5.92 Å². The number of carbonyl (C=O) groups is 1. The molecule has 0 saturated carbocycles. The summed E-state index contributed by atoms with van der Waals surface area (Å²) in [5.41, 5.74) is 6.20. The van der Waals surface area contributed by atoms with E-state index in [0.717, 1.165) is 56.6 Å². The first-order valence-corrected chi connectivity index (χ1v) is 14.4. The molecule has 0 radical (unpaired) electrons. The Bertz CT molecular complexity index is 1440. The first kappa shape index (κ1) is 26.7. The monoisotopic (exact) mass is 555 g/mol. The van der Waals surface area contributed by atoms with Gasteiger partial charge < -0.3 is 9.84 Å². The second-order valence-electron chi connectivity index (χ2n) is 10.9. The standard InChI is InChI=1S/C32H34ClN5O2/c33-29-13-11-26(12-14-29)31-35-30(40-36-31)22-37-16-3-6-28(21-37)32(39)34-18-23-7-9-24(10-8-23)19-38-17-15-25-4-1-2-5-27(25)20-38/h1-2,4-5,7-14,28H,3,6,15-22H2,(H,34,39). The lowest BCUT2D eigenvalue weighted by atomic mass is 9.97. The molecule has 1 aromatic heterocycles. The van der Waals surface area contributed by atoms with Gasteiger partial charge in [-0.1, -0.05) is 65.3 Å². The fourth-order valence-electron chi connectivity index (χ4n) is 5.68. The number of halogens is 1. The molecule has 1 unspecified atom stereocenters. The van der Waals surface area contributed by atoms with Crippen LogP contribution in [0, 0.1) is 5.92 Å². The quantitative estimate of drug-likeness (QED) is 0.310. The van der Waals surface area contributed by atoms with E-state index in [4.69, 9.17) is 16.1 Å². The molecule has 1 amide bonds. The van der Waals surface area contributed by atoms with Crippen LogP contribution in [-0.4, -0.2) is 45.5 Å². The Balaban J connectivity index is 0.966. The van der Waals surface area contributed by atoms with Crippen LogP contribution in [0.4, 0.5) is 0 Å². The van der Waals surface area contributed by atoms with Gasteiger partial charge in [-0.3, -0.25) is 14.6 Å². The van der Waals surface area contributed by atoms with Gasteiger partial charge in [0.25, 0.3) is 0 Å². The topological polar surface area (TPSA) is 74.5 Å². The molecular weight excluding hydrogens is 522 g/mol. The van der Waals surface area contributed by atoms with E-state index in [2.05, 4.69) is 73.8 Å². The second kappa shape index (κ2) is 12.3. The molecule has 2 aliphatic rings. The average molecular weight is 556 g/mol. The molecule has 1 atom stereocenters. The van der Waals surface area contributed by atoms with E-state index < -0.39 is 0 Å². The van der Waals surface area contributed by atoms with Crippen molar-refractivity contribution in [3.63, 3.8) is 0 Å². The second-order valence-corrected chi connectivity index (χ2v) is 11.3. The third-order valence-corrected chi connectivity index (χ3v) is 8.16. The molecule has 3 heterocycles. The minimum absolute atomic E-state index is 0.0475. The Morgan fingerprint density at radius 2 is 1.70 bits per heavy atom. The Morgan fingerprint density at radius 1 is 0.925 bits per heavy atom. The van der Waals surface area contributed by atoms with Crippen LogP contribution in [-0.2, 0) is 37.4 Å². The molecule has 0 bridgehead atoms. The van der Waals surface area contributed by atoms with Crippen LogP contribution in [0.2, 0.25) is 5.02 Å². The molecule has 40 heavy (non-hydrogen) atoms. The maximum absolute atomic E-state index is 13.0. The number of likely N-dealkylation sites (tertiary alicyclic amines) is 1. The van der Waals surface area contributed by atoms with Gasteiger partial charge in [0.1, 0.15) is 0 Å². The average Bonchev–Trinajstić information content (AvgIpc) is 3.45. The Morgan fingerprint density at radius 3 is 2.52 bits per heavy atom. The summed E-state index contributed by atoms with van der Waals surface area (Å²) in [4.78, 5) is 22.3. The van der Waals surface area contributed by atoms with Gasteiger partial charge in [-0.2, -0.15) is 4.98 Å². The number of benzene rings is 3. The zero-order chi connectivity index (χ0) is 27.3. The van der Waals surface area contributed by atoms with E-state index in [-0.39, 0.29) is 11.8 Å². The van der Waals surface area contributed by atoms with Crippen molar-refractivity contribution < 1.29 is 9.32 Å². The van der Waals surface area contributed by atoms with Crippen molar-refractivity contribution in [3.05, 3.63) is 106 Å². The van der Waals surface area contributed by atoms with Crippen LogP contribution in [0.3, 0.4) is 0 Å². The highest BCUT2D eigenvalue weighted by Gasteiger charge is 2.27. The maximum Gasteiger partial charge on any atom is 0.241 e. The summed E-state index contributed by atoms with van der Waals surface area (Å²) in [5.74, 6) is 1.16. The van der Waals surface area contributed by atoms with Crippen molar-refractivity contribution in [1.29, 1.82) is 0 Å². The zero-order valence-corrected chi connectivity index (χ0v) is 23.3. The summed E-state index contributed by atoms with van der Waals surface area (Å²) >= 11 is 5.98. The molecule has 6 rings (SSSR count). The number of piperidine rings is 1. The largest absolute Gasteiger partial charge is 0.352 e. The first-order chi connectivity index (χ1) is 19.6. The molecule has 1 saturated heterocycles. The smallest absolute Gasteiger partial charge is 0.241 e. The minimum Gasteiger partial charge on any atom is -0.352 e. The van der Waals surface area contributed by atoms with Gasteiger partial charge in [0.05, 0.1) is 12.5 Å². The first-order valence-electron chi connectivity index (χ1n) is 14.0. The van der Waals surface area contributed by atoms with E-state index in [1.165, 1.54) is 16.7 Å². The molecule has 2 aliphatic heterocycles. The fourth-order valence-corrected chi connectivity index (χ4v) is 5.81. The highest BCUT2D eigenvalue weighted by Crippen LogP contribution is 2.23. The molecule has 0 aliphatic carbocycles. The highest BCUT2D eigenvalue weighted by molar-refractivity contribution is 6.30. The molecule has 4 aromatic rings. The van der Waals surface area contributed by atoms with Crippen LogP contribution in [0.15, 0.2) is 77.3 Å². The number of hydrogen-bond acceptors (Lipinski definition) is 6. The predicted octanol–water partition coefficient (Wildman–Crippen LogP) is 5.48. The van der Waals surface area contributed by atoms with Crippen molar-refractivity contribution in [2.45, 2.75) is 45.4 Å². The van der Waals surface area contributed by atoms with Crippen molar-refractivity contribution in [3.8, 4) is 11.4 Å². The Labute approximate surface area is 240 Å². The molecule has 206 valence electrons. The van der Waals surface area contributed by atoms with Crippen molar-refractivity contribution in [2.75, 3.05) is 19.6 Å². The van der Waals surface area contributed by atoms with Crippen LogP contribution >= 0.6 is 11.6 Å². The van der Waals surface area contributed by atoms with E-state index in [1.807, 2.05) is 24.3 Å². The van der Waals surface area contributed by atoms with Crippen LogP contribution in [0.5, 0.6) is 0 Å². The number of nitrogens with zero attached hydrogens (tertiary/aromatic N) is 4. The lowest BCUT2D eigenvalue weighted by molar-refractivity contribution is -0.127. The third-order valence-electron chi connectivity index (χ3n) is 7.91. The third kappa shape index (κ3) is 6.61. The van der Waals surface area contributed by atoms with E-state index in [9.17, 15) is 4.79 Å². The maximum atomic E-state index is 13.0. The predicted molar refractivity (Wildman–Crippen MR) is 155 cm³/mol. The van der Waals surface area contributed by atoms with Crippen LogP contribution in [0.1, 0.15) is 41.0 Å². The molecular formula is C32H34ClN5O2. The summed E-state index contributed by atoms with van der Waals surface area (Å²) in [7, 11) is 0. The molecule has 7 nitrogen and oxygen atoms in total. The normalized spacial score (nSPS) is 17.9. The van der Waals surface area contributed by atoms with Gasteiger partial charge in [-0.25, -0.2) is 0 Å². The van der Waals surface area contributed by atoms with Gasteiger partial charge in [0.15, 0.2) is 0 Å². The number of rotatable bonds is 8. The molecule has 1 N–H and O–H groups in total. The van der Waals surface area contributed by atoms with E-state index in [0.29, 0.717) is 36.4 Å². The summed E-state index contributed by atoms with van der Waals surface area (Å²) in [6.07, 6.45) is 2.96. The Hall–Kier alpha value is -3.52. The number of fused-ring (bicyclic) bond motifs is 1. The molecule has 8 heteroatoms. The van der Waals surface area contributed by atoms with Crippen molar-refractivity contribution in [1.82, 2.24) is 25.3 Å². The Kier molecular flexibility index (Phi) is 8.23. The summed E-state index contributed by atoms with van der Waals surface area (Å²) in [5, 5.41) is 7.93. The van der Waals surface area contributed by atoms with Gasteiger partial charge in [0.2, 0.25) is 17.6 Å². The summed E-state index contributed by atoms with van der Waals surface area (Å²) < 4.78 is 5.49. The van der Waals surface area contributed by atoms with E-state index in [1.54, 1.807) is 0 Å². The molecule has 1 fully saturated rings. The highest BCUT2D eigenvalue weighted by atomic mass is 35.5. The van der Waals surface area contributed by atoms with Gasteiger partial charge in [-0.15, -0.1) is 0 Å². The molecule has 3 aromatic carbocycles. The number of hydrogen-bond donors (Lipinski definition) is 1.